The highest BCUT2D eigenvalue weighted by Gasteiger charge is 2.24. The van der Waals surface area contributed by atoms with Gasteiger partial charge in [-0.3, -0.25) is 9.52 Å². The van der Waals surface area contributed by atoms with Crippen LogP contribution in [0.5, 0.6) is 5.75 Å². The Labute approximate surface area is 194 Å². The molecule has 4 rings (SSSR count). The molecular weight excluding hydrogens is 438 g/mol. The molecule has 1 amide bonds. The molecule has 3 aromatic carbocycles. The molecular formula is C25H27N3O4S. The highest BCUT2D eigenvalue weighted by Crippen LogP contribution is 2.29. The van der Waals surface area contributed by atoms with Crippen molar-refractivity contribution in [2.24, 2.45) is 0 Å². The van der Waals surface area contributed by atoms with Crippen LogP contribution in [0.4, 0.5) is 11.4 Å². The number of nitrogens with zero attached hydrogens (tertiary/aromatic N) is 2. The van der Waals surface area contributed by atoms with Crippen LogP contribution in [0.2, 0.25) is 0 Å². The van der Waals surface area contributed by atoms with E-state index in [1.165, 1.54) is 12.1 Å². The fourth-order valence-corrected chi connectivity index (χ4v) is 5.04. The van der Waals surface area contributed by atoms with Crippen LogP contribution >= 0.6 is 0 Å². The molecule has 0 aliphatic carbocycles. The van der Waals surface area contributed by atoms with E-state index in [1.54, 1.807) is 48.4 Å². The third-order valence-electron chi connectivity index (χ3n) is 5.78. The smallest absolute Gasteiger partial charge is 0.261 e. The summed E-state index contributed by atoms with van der Waals surface area (Å²) in [6.07, 6.45) is 0. The third-order valence-corrected chi connectivity index (χ3v) is 7.16. The first kappa shape index (κ1) is 22.7. The largest absolute Gasteiger partial charge is 0.495 e. The molecule has 1 saturated heterocycles. The molecule has 33 heavy (non-hydrogen) atoms. The third kappa shape index (κ3) is 4.96. The van der Waals surface area contributed by atoms with E-state index >= 15 is 0 Å². The van der Waals surface area contributed by atoms with Gasteiger partial charge >= 0.3 is 0 Å². The quantitative estimate of drug-likeness (QED) is 0.600. The van der Waals surface area contributed by atoms with Crippen LogP contribution in [0.15, 0.2) is 77.7 Å². The van der Waals surface area contributed by atoms with E-state index in [0.29, 0.717) is 37.4 Å². The number of hydrogen-bond acceptors (Lipinski definition) is 5. The van der Waals surface area contributed by atoms with E-state index in [-0.39, 0.29) is 10.8 Å². The number of amides is 1. The van der Waals surface area contributed by atoms with Gasteiger partial charge < -0.3 is 14.5 Å². The normalized spacial score (nSPS) is 14.1. The van der Waals surface area contributed by atoms with Gasteiger partial charge in [0.05, 0.1) is 23.4 Å². The van der Waals surface area contributed by atoms with Crippen molar-refractivity contribution in [3.05, 3.63) is 83.9 Å². The lowest BCUT2D eigenvalue weighted by molar-refractivity contribution is 0.0746. The number of sulfonamides is 1. The minimum atomic E-state index is -3.74. The number of nitrogens with one attached hydrogen (secondary N) is 1. The lowest BCUT2D eigenvalue weighted by atomic mass is 10.1. The van der Waals surface area contributed by atoms with Crippen molar-refractivity contribution < 1.29 is 17.9 Å². The number of aryl methyl sites for hydroxylation is 1. The van der Waals surface area contributed by atoms with Crippen molar-refractivity contribution in [2.75, 3.05) is 42.9 Å². The summed E-state index contributed by atoms with van der Waals surface area (Å²) in [6.45, 7) is 4.31. The molecule has 7 nitrogen and oxygen atoms in total. The maximum absolute atomic E-state index is 13.2. The molecule has 1 fully saturated rings. The van der Waals surface area contributed by atoms with E-state index < -0.39 is 10.0 Å². The monoisotopic (exact) mass is 465 g/mol. The lowest BCUT2D eigenvalue weighted by Crippen LogP contribution is -2.48. The highest BCUT2D eigenvalue weighted by atomic mass is 32.2. The van der Waals surface area contributed by atoms with Crippen LogP contribution in [0.3, 0.4) is 0 Å². The van der Waals surface area contributed by atoms with E-state index in [9.17, 15) is 13.2 Å². The number of methoxy groups -OCH3 is 1. The van der Waals surface area contributed by atoms with E-state index in [4.69, 9.17) is 4.74 Å². The Morgan fingerprint density at radius 2 is 1.58 bits per heavy atom. The molecule has 172 valence electrons. The minimum Gasteiger partial charge on any atom is -0.495 e. The van der Waals surface area contributed by atoms with Crippen LogP contribution in [0.1, 0.15) is 15.9 Å². The predicted molar refractivity (Wildman–Crippen MR) is 130 cm³/mol. The number of ether oxygens (including phenoxy) is 1. The van der Waals surface area contributed by atoms with Gasteiger partial charge in [0.1, 0.15) is 5.75 Å². The van der Waals surface area contributed by atoms with Crippen molar-refractivity contribution in [1.29, 1.82) is 0 Å². The molecule has 0 spiro atoms. The van der Waals surface area contributed by atoms with E-state index in [1.807, 2.05) is 31.2 Å². The number of anilines is 2. The summed E-state index contributed by atoms with van der Waals surface area (Å²) < 4.78 is 33.6. The number of carbonyl (C=O) groups excluding carboxylic acids is 1. The summed E-state index contributed by atoms with van der Waals surface area (Å²) in [4.78, 5) is 17.3. The number of piperazine rings is 1. The first-order chi connectivity index (χ1) is 15.9. The summed E-state index contributed by atoms with van der Waals surface area (Å²) >= 11 is 0. The molecule has 0 aromatic heterocycles. The van der Waals surface area contributed by atoms with Crippen molar-refractivity contribution >= 4 is 27.3 Å². The molecule has 1 aliphatic heterocycles. The molecule has 0 radical (unpaired) electrons. The maximum atomic E-state index is 13.2. The van der Waals surface area contributed by atoms with E-state index in [2.05, 4.69) is 9.62 Å². The average molecular weight is 466 g/mol. The van der Waals surface area contributed by atoms with Crippen LogP contribution in [0, 0.1) is 6.92 Å². The Bertz CT molecular complexity index is 1240. The Morgan fingerprint density at radius 1 is 0.909 bits per heavy atom. The molecule has 0 atom stereocenters. The van der Waals surface area contributed by atoms with Gasteiger partial charge in [-0.15, -0.1) is 0 Å². The molecule has 0 bridgehead atoms. The summed E-state index contributed by atoms with van der Waals surface area (Å²) in [5.41, 5.74) is 2.61. The van der Waals surface area contributed by atoms with Crippen molar-refractivity contribution in [3.8, 4) is 5.75 Å². The predicted octanol–water partition coefficient (Wildman–Crippen LogP) is 3.77. The first-order valence-electron chi connectivity index (χ1n) is 10.7. The zero-order valence-corrected chi connectivity index (χ0v) is 19.5. The molecule has 1 aliphatic rings. The Hall–Kier alpha value is -3.52. The lowest BCUT2D eigenvalue weighted by Gasteiger charge is -2.36. The molecule has 8 heteroatoms. The van der Waals surface area contributed by atoms with E-state index in [0.717, 1.165) is 17.0 Å². The van der Waals surface area contributed by atoms with Crippen LogP contribution in [-0.4, -0.2) is 52.5 Å². The number of benzene rings is 3. The summed E-state index contributed by atoms with van der Waals surface area (Å²) in [5, 5.41) is 0. The van der Waals surface area contributed by atoms with Crippen LogP contribution < -0.4 is 14.4 Å². The number of para-hydroxylation sites is 2. The van der Waals surface area contributed by atoms with Gasteiger partial charge in [-0.25, -0.2) is 8.42 Å². The molecule has 1 N–H and O–H groups in total. The SMILES string of the molecule is COc1ccccc1N1CCN(C(=O)c2ccc(C)c(NS(=O)(=O)c3ccccc3)c2)CC1. The molecule has 1 heterocycles. The van der Waals surface area contributed by atoms with Crippen molar-refractivity contribution in [2.45, 2.75) is 11.8 Å². The van der Waals surface area contributed by atoms with Gasteiger partial charge in [0, 0.05) is 31.7 Å². The number of hydrogen-bond donors (Lipinski definition) is 1. The van der Waals surface area contributed by atoms with Gasteiger partial charge in [0.2, 0.25) is 0 Å². The molecule has 3 aromatic rings. The van der Waals surface area contributed by atoms with Gasteiger partial charge in [-0.2, -0.15) is 0 Å². The van der Waals surface area contributed by atoms with Crippen LogP contribution in [0.25, 0.3) is 0 Å². The Morgan fingerprint density at radius 3 is 2.27 bits per heavy atom. The maximum Gasteiger partial charge on any atom is 0.261 e. The van der Waals surface area contributed by atoms with Gasteiger partial charge in [0.15, 0.2) is 0 Å². The summed E-state index contributed by atoms with van der Waals surface area (Å²) in [7, 11) is -2.09. The molecule has 0 saturated carbocycles. The second-order valence-corrected chi connectivity index (χ2v) is 9.58. The number of carbonyl (C=O) groups is 1. The Kier molecular flexibility index (Phi) is 6.55. The van der Waals surface area contributed by atoms with Gasteiger partial charge in [-0.1, -0.05) is 36.4 Å². The second kappa shape index (κ2) is 9.54. The standard InChI is InChI=1S/C25H27N3O4S/c1-19-12-13-20(18-22(19)26-33(30,31)21-8-4-3-5-9-21)25(29)28-16-14-27(15-17-28)23-10-6-7-11-24(23)32-2/h3-13,18,26H,14-17H2,1-2H3. The van der Waals surface area contributed by atoms with Gasteiger partial charge in [0.25, 0.3) is 15.9 Å². The number of rotatable bonds is 6. The first-order valence-corrected chi connectivity index (χ1v) is 12.2. The topological polar surface area (TPSA) is 79.0 Å². The van der Waals surface area contributed by atoms with Crippen molar-refractivity contribution in [3.63, 3.8) is 0 Å². The molecule has 0 unspecified atom stereocenters. The van der Waals surface area contributed by atoms with Crippen LogP contribution in [-0.2, 0) is 10.0 Å². The van der Waals surface area contributed by atoms with Gasteiger partial charge in [-0.05, 0) is 48.9 Å². The Balaban J connectivity index is 1.47. The van der Waals surface area contributed by atoms with Crippen molar-refractivity contribution in [1.82, 2.24) is 4.90 Å². The average Bonchev–Trinajstić information content (AvgIpc) is 2.85. The fraction of sp³-hybridized carbons (Fsp3) is 0.240. The second-order valence-electron chi connectivity index (χ2n) is 7.90. The zero-order chi connectivity index (χ0) is 23.4. The summed E-state index contributed by atoms with van der Waals surface area (Å²) in [6, 6.07) is 21.1. The zero-order valence-electron chi connectivity index (χ0n) is 18.7. The summed E-state index contributed by atoms with van der Waals surface area (Å²) in [5.74, 6) is 0.695. The highest BCUT2D eigenvalue weighted by molar-refractivity contribution is 7.92. The fourth-order valence-electron chi connectivity index (χ4n) is 3.89. The minimum absolute atomic E-state index is 0.116.